The molecule has 0 aliphatic carbocycles. The van der Waals surface area contributed by atoms with Gasteiger partial charge in [-0.2, -0.15) is 0 Å². The van der Waals surface area contributed by atoms with E-state index in [0.29, 0.717) is 18.1 Å². The molecule has 0 spiro atoms. The second kappa shape index (κ2) is 5.61. The lowest BCUT2D eigenvalue weighted by Gasteiger charge is -2.41. The lowest BCUT2D eigenvalue weighted by molar-refractivity contribution is 0.0956. The minimum Gasteiger partial charge on any atom is -0.311 e. The van der Waals surface area contributed by atoms with Gasteiger partial charge in [0, 0.05) is 37.4 Å². The van der Waals surface area contributed by atoms with Crippen molar-refractivity contribution in [3.05, 3.63) is 30.1 Å². The highest BCUT2D eigenvalue weighted by molar-refractivity contribution is 5.09. The molecule has 1 aromatic heterocycles. The second-order valence-corrected chi connectivity index (χ2v) is 4.99. The molecule has 1 aromatic rings. The predicted octanol–water partition coefficient (Wildman–Crippen LogP) is 2.21. The first-order valence-electron chi connectivity index (χ1n) is 6.62. The minimum absolute atomic E-state index is 0.405. The van der Waals surface area contributed by atoms with Gasteiger partial charge in [0.1, 0.15) is 0 Å². The lowest BCUT2D eigenvalue weighted by Crippen LogP contribution is -2.55. The van der Waals surface area contributed by atoms with E-state index in [4.69, 9.17) is 0 Å². The molecule has 94 valence electrons. The maximum absolute atomic E-state index is 4.48. The molecule has 2 rings (SSSR count). The highest BCUT2D eigenvalue weighted by Crippen LogP contribution is 2.23. The molecule has 0 radical (unpaired) electrons. The van der Waals surface area contributed by atoms with Crippen molar-refractivity contribution in [3.63, 3.8) is 0 Å². The summed E-state index contributed by atoms with van der Waals surface area (Å²) in [5.74, 6) is 0. The summed E-state index contributed by atoms with van der Waals surface area (Å²) in [6.07, 6.45) is 3.08. The molecule has 0 aromatic carbocycles. The van der Waals surface area contributed by atoms with Crippen LogP contribution in [0.15, 0.2) is 24.4 Å². The summed E-state index contributed by atoms with van der Waals surface area (Å²) in [6.45, 7) is 9.00. The molecule has 3 nitrogen and oxygen atoms in total. The zero-order valence-electron chi connectivity index (χ0n) is 11.1. The maximum Gasteiger partial charge on any atom is 0.0572 e. The van der Waals surface area contributed by atoms with Gasteiger partial charge in [0.05, 0.1) is 5.69 Å². The van der Waals surface area contributed by atoms with Crippen LogP contribution >= 0.6 is 0 Å². The highest BCUT2D eigenvalue weighted by atomic mass is 15.3. The molecular weight excluding hydrogens is 210 g/mol. The number of hydrogen-bond acceptors (Lipinski definition) is 3. The summed E-state index contributed by atoms with van der Waals surface area (Å²) in [5, 5.41) is 3.59. The van der Waals surface area contributed by atoms with E-state index in [0.717, 1.165) is 13.1 Å². The summed E-state index contributed by atoms with van der Waals surface area (Å²) in [6, 6.07) is 7.78. The predicted molar refractivity (Wildman–Crippen MR) is 70.9 cm³/mol. The van der Waals surface area contributed by atoms with Crippen molar-refractivity contribution in [2.45, 2.75) is 45.3 Å². The van der Waals surface area contributed by atoms with E-state index in [1.165, 1.54) is 12.1 Å². The maximum atomic E-state index is 4.48. The minimum atomic E-state index is 0.405. The Kier molecular flexibility index (Phi) is 4.13. The SMILES string of the molecule is CCC1CN(C(C)c2ccccn2)C(C)CN1. The largest absolute Gasteiger partial charge is 0.311 e. The van der Waals surface area contributed by atoms with Crippen molar-refractivity contribution in [1.82, 2.24) is 15.2 Å². The van der Waals surface area contributed by atoms with E-state index in [9.17, 15) is 0 Å². The van der Waals surface area contributed by atoms with E-state index >= 15 is 0 Å². The molecular formula is C14H23N3. The van der Waals surface area contributed by atoms with Crippen LogP contribution in [0, 0.1) is 0 Å². The Balaban J connectivity index is 2.09. The summed E-state index contributed by atoms with van der Waals surface area (Å²) in [7, 11) is 0. The van der Waals surface area contributed by atoms with Gasteiger partial charge in [-0.05, 0) is 32.4 Å². The first-order valence-corrected chi connectivity index (χ1v) is 6.62. The third-order valence-electron chi connectivity index (χ3n) is 3.81. The smallest absolute Gasteiger partial charge is 0.0572 e. The van der Waals surface area contributed by atoms with Crippen LogP contribution in [0.3, 0.4) is 0 Å². The second-order valence-electron chi connectivity index (χ2n) is 4.99. The van der Waals surface area contributed by atoms with Crippen LogP contribution in [0.4, 0.5) is 0 Å². The van der Waals surface area contributed by atoms with Crippen LogP contribution in [-0.2, 0) is 0 Å². The Morgan fingerprint density at radius 3 is 3.00 bits per heavy atom. The average Bonchev–Trinajstić information content (AvgIpc) is 2.39. The quantitative estimate of drug-likeness (QED) is 0.867. The van der Waals surface area contributed by atoms with Gasteiger partial charge in [0.25, 0.3) is 0 Å². The average molecular weight is 233 g/mol. The molecule has 1 aliphatic heterocycles. The monoisotopic (exact) mass is 233 g/mol. The fourth-order valence-electron chi connectivity index (χ4n) is 2.56. The number of aromatic nitrogens is 1. The molecule has 3 heteroatoms. The normalized spacial score (nSPS) is 27.9. The van der Waals surface area contributed by atoms with Gasteiger partial charge in [-0.3, -0.25) is 9.88 Å². The Labute approximate surface area is 104 Å². The zero-order chi connectivity index (χ0) is 12.3. The summed E-state index contributed by atoms with van der Waals surface area (Å²) in [4.78, 5) is 7.04. The summed E-state index contributed by atoms with van der Waals surface area (Å²) >= 11 is 0. The number of nitrogens with one attached hydrogen (secondary N) is 1. The molecule has 2 heterocycles. The Morgan fingerprint density at radius 2 is 2.35 bits per heavy atom. The van der Waals surface area contributed by atoms with Gasteiger partial charge in [-0.25, -0.2) is 0 Å². The highest BCUT2D eigenvalue weighted by Gasteiger charge is 2.28. The van der Waals surface area contributed by atoms with Gasteiger partial charge in [0.15, 0.2) is 0 Å². The van der Waals surface area contributed by atoms with Crippen LogP contribution in [0.1, 0.15) is 38.9 Å². The van der Waals surface area contributed by atoms with Gasteiger partial charge in [-0.15, -0.1) is 0 Å². The molecule has 0 saturated carbocycles. The molecule has 3 atom stereocenters. The van der Waals surface area contributed by atoms with Crippen molar-refractivity contribution < 1.29 is 0 Å². The van der Waals surface area contributed by atoms with Gasteiger partial charge >= 0.3 is 0 Å². The standard InChI is InChI=1S/C14H23N3/c1-4-13-10-17(11(2)9-16-13)12(3)14-7-5-6-8-15-14/h5-8,11-13,16H,4,9-10H2,1-3H3. The third-order valence-corrected chi connectivity index (χ3v) is 3.81. The van der Waals surface area contributed by atoms with Gasteiger partial charge in [0.2, 0.25) is 0 Å². The summed E-state index contributed by atoms with van der Waals surface area (Å²) < 4.78 is 0. The van der Waals surface area contributed by atoms with Crippen LogP contribution in [0.25, 0.3) is 0 Å². The van der Waals surface area contributed by atoms with Crippen LogP contribution in [0.5, 0.6) is 0 Å². The van der Waals surface area contributed by atoms with E-state index in [2.05, 4.69) is 48.1 Å². The lowest BCUT2D eigenvalue weighted by atomic mass is 10.0. The van der Waals surface area contributed by atoms with E-state index in [-0.39, 0.29) is 0 Å². The summed E-state index contributed by atoms with van der Waals surface area (Å²) in [5.41, 5.74) is 1.18. The Morgan fingerprint density at radius 1 is 1.53 bits per heavy atom. The number of rotatable bonds is 3. The third kappa shape index (κ3) is 2.85. The van der Waals surface area contributed by atoms with Crippen molar-refractivity contribution >= 4 is 0 Å². The van der Waals surface area contributed by atoms with E-state index in [1.807, 2.05) is 12.3 Å². The molecule has 1 fully saturated rings. The fraction of sp³-hybridized carbons (Fsp3) is 0.643. The Bertz CT molecular complexity index is 339. The number of piperazine rings is 1. The molecule has 1 aliphatic rings. The van der Waals surface area contributed by atoms with Crippen LogP contribution in [0.2, 0.25) is 0 Å². The van der Waals surface area contributed by atoms with Crippen molar-refractivity contribution in [3.8, 4) is 0 Å². The Hall–Kier alpha value is -0.930. The molecule has 1 N–H and O–H groups in total. The van der Waals surface area contributed by atoms with Gasteiger partial charge < -0.3 is 5.32 Å². The van der Waals surface area contributed by atoms with Crippen molar-refractivity contribution in [1.29, 1.82) is 0 Å². The van der Waals surface area contributed by atoms with Crippen molar-refractivity contribution in [2.24, 2.45) is 0 Å². The molecule has 3 unspecified atom stereocenters. The molecule has 1 saturated heterocycles. The van der Waals surface area contributed by atoms with Crippen molar-refractivity contribution in [2.75, 3.05) is 13.1 Å². The first kappa shape index (κ1) is 12.5. The van der Waals surface area contributed by atoms with E-state index < -0.39 is 0 Å². The zero-order valence-corrected chi connectivity index (χ0v) is 11.1. The van der Waals surface area contributed by atoms with Crippen LogP contribution in [-0.4, -0.2) is 35.1 Å². The first-order chi connectivity index (χ1) is 8.22. The number of hydrogen-bond donors (Lipinski definition) is 1. The fourth-order valence-corrected chi connectivity index (χ4v) is 2.56. The number of nitrogens with zero attached hydrogens (tertiary/aromatic N) is 2. The van der Waals surface area contributed by atoms with E-state index in [1.54, 1.807) is 0 Å². The van der Waals surface area contributed by atoms with Gasteiger partial charge in [-0.1, -0.05) is 13.0 Å². The molecule has 17 heavy (non-hydrogen) atoms. The topological polar surface area (TPSA) is 28.2 Å². The number of pyridine rings is 1. The molecule has 0 amide bonds. The van der Waals surface area contributed by atoms with Crippen LogP contribution < -0.4 is 5.32 Å². The molecule has 0 bridgehead atoms.